The predicted molar refractivity (Wildman–Crippen MR) is 73.4 cm³/mol. The Morgan fingerprint density at radius 2 is 2.11 bits per heavy atom. The van der Waals surface area contributed by atoms with Crippen molar-refractivity contribution in [1.82, 2.24) is 9.80 Å². The molecular formula is C14H27N3O. The lowest BCUT2D eigenvalue weighted by Crippen LogP contribution is -2.53. The Hall–Kier alpha value is -0.630. The molecule has 104 valence electrons. The molecule has 4 heteroatoms. The van der Waals surface area contributed by atoms with E-state index in [2.05, 4.69) is 22.8 Å². The lowest BCUT2D eigenvalue weighted by atomic mass is 10.1. The first-order valence-corrected chi connectivity index (χ1v) is 7.14. The molecule has 1 fully saturated rings. The molecule has 4 nitrogen and oxygen atoms in total. The average molecular weight is 253 g/mol. The first-order chi connectivity index (χ1) is 8.81. The standard InChI is InChI=1S/C14H27N3O/c1-3-14-13-16(8-6-4-5-7-15)9-10-17(14)11-12-18-2/h14H,3-6,8-13H2,1-2H3/t14-/m0/s1. The second kappa shape index (κ2) is 9.32. The molecule has 0 aliphatic carbocycles. The van der Waals surface area contributed by atoms with Crippen molar-refractivity contribution in [3.63, 3.8) is 0 Å². The van der Waals surface area contributed by atoms with Gasteiger partial charge in [0.25, 0.3) is 0 Å². The van der Waals surface area contributed by atoms with Crippen molar-refractivity contribution in [1.29, 1.82) is 5.26 Å². The number of hydrogen-bond acceptors (Lipinski definition) is 4. The van der Waals surface area contributed by atoms with Gasteiger partial charge in [0.15, 0.2) is 0 Å². The summed E-state index contributed by atoms with van der Waals surface area (Å²) in [4.78, 5) is 5.10. The molecule has 0 spiro atoms. The van der Waals surface area contributed by atoms with Crippen LogP contribution in [0.4, 0.5) is 0 Å². The Balaban J connectivity index is 2.25. The Morgan fingerprint density at radius 3 is 2.78 bits per heavy atom. The van der Waals surface area contributed by atoms with E-state index in [0.717, 1.165) is 45.6 Å². The summed E-state index contributed by atoms with van der Waals surface area (Å²) < 4.78 is 5.17. The minimum absolute atomic E-state index is 0.671. The lowest BCUT2D eigenvalue weighted by molar-refractivity contribution is 0.0492. The van der Waals surface area contributed by atoms with Gasteiger partial charge < -0.3 is 9.64 Å². The van der Waals surface area contributed by atoms with Crippen molar-refractivity contribution in [2.45, 2.75) is 38.6 Å². The van der Waals surface area contributed by atoms with E-state index >= 15 is 0 Å². The first-order valence-electron chi connectivity index (χ1n) is 7.14. The van der Waals surface area contributed by atoms with Crippen molar-refractivity contribution < 1.29 is 4.74 Å². The number of nitriles is 1. The van der Waals surface area contributed by atoms with Crippen LogP contribution in [-0.4, -0.2) is 62.3 Å². The van der Waals surface area contributed by atoms with Crippen LogP contribution in [0, 0.1) is 11.3 Å². The Morgan fingerprint density at radius 1 is 1.28 bits per heavy atom. The maximum absolute atomic E-state index is 8.52. The highest BCUT2D eigenvalue weighted by molar-refractivity contribution is 4.81. The summed E-state index contributed by atoms with van der Waals surface area (Å²) in [5, 5.41) is 8.52. The number of methoxy groups -OCH3 is 1. The number of ether oxygens (including phenoxy) is 1. The van der Waals surface area contributed by atoms with Crippen LogP contribution in [-0.2, 0) is 4.74 Å². The van der Waals surface area contributed by atoms with Crippen molar-refractivity contribution in [3.8, 4) is 6.07 Å². The Labute approximate surface area is 112 Å². The molecular weight excluding hydrogens is 226 g/mol. The van der Waals surface area contributed by atoms with Crippen LogP contribution in [0.2, 0.25) is 0 Å². The molecule has 0 aromatic rings. The lowest BCUT2D eigenvalue weighted by Gasteiger charge is -2.41. The van der Waals surface area contributed by atoms with Gasteiger partial charge >= 0.3 is 0 Å². The third kappa shape index (κ3) is 5.34. The van der Waals surface area contributed by atoms with E-state index in [1.54, 1.807) is 7.11 Å². The molecule has 0 saturated carbocycles. The summed E-state index contributed by atoms with van der Waals surface area (Å²) in [6.45, 7) is 8.79. The summed E-state index contributed by atoms with van der Waals surface area (Å²) in [7, 11) is 1.77. The summed E-state index contributed by atoms with van der Waals surface area (Å²) >= 11 is 0. The van der Waals surface area contributed by atoms with E-state index < -0.39 is 0 Å². The van der Waals surface area contributed by atoms with E-state index in [-0.39, 0.29) is 0 Å². The molecule has 1 heterocycles. The van der Waals surface area contributed by atoms with Crippen molar-refractivity contribution in [2.24, 2.45) is 0 Å². The van der Waals surface area contributed by atoms with Gasteiger partial charge in [-0.3, -0.25) is 4.90 Å². The fourth-order valence-electron chi connectivity index (χ4n) is 2.59. The summed E-state index contributed by atoms with van der Waals surface area (Å²) in [5.41, 5.74) is 0. The average Bonchev–Trinajstić information content (AvgIpc) is 2.41. The molecule has 1 aliphatic heterocycles. The molecule has 0 N–H and O–H groups in total. The van der Waals surface area contributed by atoms with E-state index in [4.69, 9.17) is 10.00 Å². The minimum atomic E-state index is 0.671. The molecule has 1 aliphatic rings. The van der Waals surface area contributed by atoms with Crippen LogP contribution in [0.1, 0.15) is 32.6 Å². The first kappa shape index (κ1) is 15.4. The van der Waals surface area contributed by atoms with Gasteiger partial charge in [-0.05, 0) is 25.8 Å². The van der Waals surface area contributed by atoms with Gasteiger partial charge in [-0.15, -0.1) is 0 Å². The van der Waals surface area contributed by atoms with Crippen molar-refractivity contribution in [3.05, 3.63) is 0 Å². The van der Waals surface area contributed by atoms with E-state index in [9.17, 15) is 0 Å². The molecule has 0 bridgehead atoms. The molecule has 18 heavy (non-hydrogen) atoms. The van der Waals surface area contributed by atoms with E-state index in [1.807, 2.05) is 0 Å². The van der Waals surface area contributed by atoms with Gasteiger partial charge in [0.2, 0.25) is 0 Å². The molecule has 0 aromatic carbocycles. The van der Waals surface area contributed by atoms with Crippen molar-refractivity contribution in [2.75, 3.05) is 46.4 Å². The predicted octanol–water partition coefficient (Wildman–Crippen LogP) is 1.72. The minimum Gasteiger partial charge on any atom is -0.383 e. The fourth-order valence-corrected chi connectivity index (χ4v) is 2.59. The zero-order valence-corrected chi connectivity index (χ0v) is 11.9. The number of hydrogen-bond donors (Lipinski definition) is 0. The fraction of sp³-hybridized carbons (Fsp3) is 0.929. The zero-order valence-electron chi connectivity index (χ0n) is 11.9. The molecule has 1 rings (SSSR count). The SMILES string of the molecule is CC[C@H]1CN(CCCCC#N)CCN1CCOC. The van der Waals surface area contributed by atoms with Gasteiger partial charge in [-0.1, -0.05) is 6.92 Å². The van der Waals surface area contributed by atoms with Gasteiger partial charge in [-0.2, -0.15) is 5.26 Å². The van der Waals surface area contributed by atoms with Crippen LogP contribution in [0.15, 0.2) is 0 Å². The van der Waals surface area contributed by atoms with Gasteiger partial charge in [-0.25, -0.2) is 0 Å². The molecule has 1 atom stereocenters. The van der Waals surface area contributed by atoms with Crippen LogP contribution >= 0.6 is 0 Å². The Bertz CT molecular complexity index is 252. The van der Waals surface area contributed by atoms with E-state index in [0.29, 0.717) is 12.5 Å². The molecule has 0 aromatic heterocycles. The maximum Gasteiger partial charge on any atom is 0.0621 e. The van der Waals surface area contributed by atoms with E-state index in [1.165, 1.54) is 13.0 Å². The van der Waals surface area contributed by atoms with Crippen LogP contribution < -0.4 is 0 Å². The van der Waals surface area contributed by atoms with Crippen LogP contribution in [0.25, 0.3) is 0 Å². The number of rotatable bonds is 8. The maximum atomic E-state index is 8.52. The van der Waals surface area contributed by atoms with Crippen LogP contribution in [0.3, 0.4) is 0 Å². The van der Waals surface area contributed by atoms with Crippen LogP contribution in [0.5, 0.6) is 0 Å². The molecule has 0 amide bonds. The highest BCUT2D eigenvalue weighted by Gasteiger charge is 2.24. The Kier molecular flexibility index (Phi) is 7.99. The molecule has 0 radical (unpaired) electrons. The number of piperazine rings is 1. The smallest absolute Gasteiger partial charge is 0.0621 e. The molecule has 0 unspecified atom stereocenters. The quantitative estimate of drug-likeness (QED) is 0.618. The largest absolute Gasteiger partial charge is 0.383 e. The second-order valence-corrected chi connectivity index (χ2v) is 5.01. The number of unbranched alkanes of at least 4 members (excludes halogenated alkanes) is 2. The third-order valence-corrected chi connectivity index (χ3v) is 3.76. The van der Waals surface area contributed by atoms with Gasteiger partial charge in [0.05, 0.1) is 12.7 Å². The topological polar surface area (TPSA) is 39.5 Å². The van der Waals surface area contributed by atoms with Crippen molar-refractivity contribution >= 4 is 0 Å². The highest BCUT2D eigenvalue weighted by atomic mass is 16.5. The third-order valence-electron chi connectivity index (χ3n) is 3.76. The summed E-state index contributed by atoms with van der Waals surface area (Å²) in [6, 6.07) is 2.89. The zero-order chi connectivity index (χ0) is 13.2. The summed E-state index contributed by atoms with van der Waals surface area (Å²) in [5.74, 6) is 0. The second-order valence-electron chi connectivity index (χ2n) is 5.01. The normalized spacial score (nSPS) is 21.9. The highest BCUT2D eigenvalue weighted by Crippen LogP contribution is 2.13. The monoisotopic (exact) mass is 253 g/mol. The molecule has 1 saturated heterocycles. The van der Waals surface area contributed by atoms with Gasteiger partial charge in [0.1, 0.15) is 0 Å². The number of nitrogens with zero attached hydrogens (tertiary/aromatic N) is 3. The van der Waals surface area contributed by atoms with Gasteiger partial charge in [0, 0.05) is 45.8 Å². The summed E-state index contributed by atoms with van der Waals surface area (Å²) in [6.07, 6.45) is 4.10.